The molecule has 4 heteroatoms. The monoisotopic (exact) mass is 246 g/mol. The van der Waals surface area contributed by atoms with Crippen LogP contribution in [-0.2, 0) is 11.2 Å². The van der Waals surface area contributed by atoms with Crippen LogP contribution in [0, 0.1) is 16.9 Å². The molecule has 0 unspecified atom stereocenters. The van der Waals surface area contributed by atoms with Gasteiger partial charge in [-0.1, -0.05) is 19.1 Å². The molecule has 1 N–H and O–H groups in total. The van der Waals surface area contributed by atoms with E-state index in [2.05, 4.69) is 13.1 Å². The minimum Gasteiger partial charge on any atom is -0.396 e. The highest BCUT2D eigenvalue weighted by atomic mass is 16.5. The van der Waals surface area contributed by atoms with Gasteiger partial charge < -0.3 is 9.84 Å². The summed E-state index contributed by atoms with van der Waals surface area (Å²) in [6, 6.07) is 7.95. The molecule has 0 amide bonds. The third kappa shape index (κ3) is 2.47. The fourth-order valence-corrected chi connectivity index (χ4v) is 2.09. The van der Waals surface area contributed by atoms with E-state index in [9.17, 15) is 10.4 Å². The molecule has 0 radical (unpaired) electrons. The lowest BCUT2D eigenvalue weighted by molar-refractivity contribution is -0.130. The number of nitriles is 1. The number of aliphatic hydroxyl groups excluding tert-OH is 1. The number of aliphatic hydroxyl groups is 1. The van der Waals surface area contributed by atoms with Gasteiger partial charge in [-0.15, -0.1) is 0 Å². The highest BCUT2D eigenvalue weighted by Gasteiger charge is 2.40. The molecule has 0 saturated carbocycles. The average molecular weight is 246 g/mol. The largest absolute Gasteiger partial charge is 0.396 e. The lowest BCUT2D eigenvalue weighted by Crippen LogP contribution is -2.52. The van der Waals surface area contributed by atoms with E-state index in [1.165, 1.54) is 5.56 Å². The zero-order valence-corrected chi connectivity index (χ0v) is 10.6. The summed E-state index contributed by atoms with van der Waals surface area (Å²) >= 11 is 0. The number of hydrogen-bond acceptors (Lipinski definition) is 4. The molecule has 0 aliphatic carbocycles. The maximum atomic E-state index is 9.41. The van der Waals surface area contributed by atoms with Crippen molar-refractivity contribution in [3.05, 3.63) is 29.8 Å². The number of benzene rings is 1. The number of aryl methyl sites for hydroxylation is 1. The molecule has 1 heterocycles. The number of nitrogens with zero attached hydrogens (tertiary/aromatic N) is 2. The van der Waals surface area contributed by atoms with Gasteiger partial charge in [0, 0.05) is 6.54 Å². The molecule has 1 aromatic carbocycles. The molecule has 1 aliphatic heterocycles. The topological polar surface area (TPSA) is 56.5 Å². The zero-order chi connectivity index (χ0) is 13.0. The smallest absolute Gasteiger partial charge is 0.184 e. The molecule has 0 spiro atoms. The lowest BCUT2D eigenvalue weighted by atomic mass is 9.86. The van der Waals surface area contributed by atoms with Gasteiger partial charge in [-0.25, -0.2) is 0 Å². The van der Waals surface area contributed by atoms with Gasteiger partial charge in [0.25, 0.3) is 0 Å². The molecule has 2 rings (SSSR count). The van der Waals surface area contributed by atoms with Crippen LogP contribution in [0.4, 0.5) is 5.69 Å². The number of ether oxygens (including phenoxy) is 1. The Morgan fingerprint density at radius 2 is 2.28 bits per heavy atom. The molecule has 1 saturated heterocycles. The molecule has 0 atom stereocenters. The van der Waals surface area contributed by atoms with Gasteiger partial charge in [0.2, 0.25) is 0 Å². The fourth-order valence-electron chi connectivity index (χ4n) is 2.09. The second kappa shape index (κ2) is 5.38. The molecule has 0 aromatic heterocycles. The molecular weight excluding hydrogens is 228 g/mol. The van der Waals surface area contributed by atoms with Crippen LogP contribution in [0.3, 0.4) is 0 Å². The summed E-state index contributed by atoms with van der Waals surface area (Å²) in [6.07, 6.45) is 3.14. The third-order valence-corrected chi connectivity index (χ3v) is 3.40. The van der Waals surface area contributed by atoms with Crippen LogP contribution < -0.4 is 4.90 Å². The Labute approximate surface area is 107 Å². The minimum absolute atomic E-state index is 0.0542. The molecule has 0 bridgehead atoms. The summed E-state index contributed by atoms with van der Waals surface area (Å²) in [7, 11) is 0. The van der Waals surface area contributed by atoms with Crippen molar-refractivity contribution in [1.82, 2.24) is 0 Å². The van der Waals surface area contributed by atoms with Crippen molar-refractivity contribution < 1.29 is 9.84 Å². The second-order valence-electron chi connectivity index (χ2n) is 4.86. The number of hydrogen-bond donors (Lipinski definition) is 1. The Balaban J connectivity index is 2.15. The van der Waals surface area contributed by atoms with Crippen LogP contribution in [0.2, 0.25) is 0 Å². The van der Waals surface area contributed by atoms with Gasteiger partial charge in [-0.05, 0) is 24.1 Å². The summed E-state index contributed by atoms with van der Waals surface area (Å²) in [6.45, 7) is 3.70. The van der Waals surface area contributed by atoms with Crippen LogP contribution in [0.5, 0.6) is 0 Å². The molecule has 96 valence electrons. The Kier molecular flexibility index (Phi) is 3.85. The van der Waals surface area contributed by atoms with E-state index >= 15 is 0 Å². The molecule has 1 aromatic rings. The van der Waals surface area contributed by atoms with Gasteiger partial charge in [0.15, 0.2) is 6.19 Å². The van der Waals surface area contributed by atoms with Crippen molar-refractivity contribution in [2.45, 2.75) is 13.3 Å². The van der Waals surface area contributed by atoms with Crippen LogP contribution in [-0.4, -0.2) is 31.5 Å². The molecular formula is C14H18N2O2. The lowest BCUT2D eigenvalue weighted by Gasteiger charge is -2.41. The summed E-state index contributed by atoms with van der Waals surface area (Å²) in [5.74, 6) is 0. The third-order valence-electron chi connectivity index (χ3n) is 3.40. The van der Waals surface area contributed by atoms with Gasteiger partial charge in [0.05, 0.1) is 30.9 Å². The standard InChI is InChI=1S/C14H18N2O2/c1-2-12-4-3-5-13(6-12)16(11-15)7-14(8-17)9-18-10-14/h3-6,17H,2,7-10H2,1H3. The average Bonchev–Trinajstić information content (AvgIpc) is 2.38. The van der Waals surface area contributed by atoms with Gasteiger partial charge in [0.1, 0.15) is 0 Å². The Morgan fingerprint density at radius 3 is 2.78 bits per heavy atom. The van der Waals surface area contributed by atoms with Gasteiger partial charge >= 0.3 is 0 Å². The zero-order valence-electron chi connectivity index (χ0n) is 10.6. The molecule has 1 fully saturated rings. The van der Waals surface area contributed by atoms with Crippen LogP contribution in [0.15, 0.2) is 24.3 Å². The van der Waals surface area contributed by atoms with E-state index in [1.54, 1.807) is 4.90 Å². The van der Waals surface area contributed by atoms with E-state index in [0.29, 0.717) is 19.8 Å². The minimum atomic E-state index is -0.280. The van der Waals surface area contributed by atoms with Crippen molar-refractivity contribution in [3.63, 3.8) is 0 Å². The number of anilines is 1. The summed E-state index contributed by atoms with van der Waals surface area (Å²) in [5.41, 5.74) is 1.81. The SMILES string of the molecule is CCc1cccc(N(C#N)CC2(CO)COC2)c1. The van der Waals surface area contributed by atoms with E-state index in [1.807, 2.05) is 24.3 Å². The maximum Gasteiger partial charge on any atom is 0.184 e. The summed E-state index contributed by atoms with van der Waals surface area (Å²) < 4.78 is 5.16. The van der Waals surface area contributed by atoms with Crippen molar-refractivity contribution in [2.24, 2.45) is 5.41 Å². The van der Waals surface area contributed by atoms with Crippen molar-refractivity contribution in [3.8, 4) is 6.19 Å². The van der Waals surface area contributed by atoms with E-state index in [4.69, 9.17) is 4.74 Å². The first-order chi connectivity index (χ1) is 8.73. The first-order valence-electron chi connectivity index (χ1n) is 6.18. The highest BCUT2D eigenvalue weighted by Crippen LogP contribution is 2.30. The maximum absolute atomic E-state index is 9.41. The highest BCUT2D eigenvalue weighted by molar-refractivity contribution is 5.52. The van der Waals surface area contributed by atoms with Crippen LogP contribution in [0.25, 0.3) is 0 Å². The van der Waals surface area contributed by atoms with E-state index < -0.39 is 0 Å². The van der Waals surface area contributed by atoms with Crippen LogP contribution in [0.1, 0.15) is 12.5 Å². The predicted molar refractivity (Wildman–Crippen MR) is 69.1 cm³/mol. The second-order valence-corrected chi connectivity index (χ2v) is 4.86. The first kappa shape index (κ1) is 12.9. The van der Waals surface area contributed by atoms with Gasteiger partial charge in [-0.2, -0.15) is 5.26 Å². The first-order valence-corrected chi connectivity index (χ1v) is 6.18. The van der Waals surface area contributed by atoms with Crippen molar-refractivity contribution >= 4 is 5.69 Å². The van der Waals surface area contributed by atoms with Gasteiger partial charge in [-0.3, -0.25) is 4.90 Å². The molecule has 18 heavy (non-hydrogen) atoms. The predicted octanol–water partition coefficient (Wildman–Crippen LogP) is 1.55. The Bertz CT molecular complexity index is 444. The number of rotatable bonds is 5. The fraction of sp³-hybridized carbons (Fsp3) is 0.500. The summed E-state index contributed by atoms with van der Waals surface area (Å²) in [4.78, 5) is 1.64. The Morgan fingerprint density at radius 1 is 1.50 bits per heavy atom. The Hall–Kier alpha value is -1.57. The van der Waals surface area contributed by atoms with Crippen molar-refractivity contribution in [2.75, 3.05) is 31.3 Å². The molecule has 1 aliphatic rings. The quantitative estimate of drug-likeness (QED) is 0.632. The van der Waals surface area contributed by atoms with E-state index in [-0.39, 0.29) is 12.0 Å². The van der Waals surface area contributed by atoms with Crippen molar-refractivity contribution in [1.29, 1.82) is 5.26 Å². The van der Waals surface area contributed by atoms with Crippen LogP contribution >= 0.6 is 0 Å². The summed E-state index contributed by atoms with van der Waals surface area (Å²) in [5, 5.41) is 18.7. The van der Waals surface area contributed by atoms with E-state index in [0.717, 1.165) is 12.1 Å². The normalized spacial score (nSPS) is 16.7. The molecule has 4 nitrogen and oxygen atoms in total.